The van der Waals surface area contributed by atoms with Crippen molar-refractivity contribution in [2.75, 3.05) is 13.2 Å². The Bertz CT molecular complexity index is 427. The van der Waals surface area contributed by atoms with Crippen LogP contribution in [0.5, 0.6) is 5.75 Å². The monoisotopic (exact) mass is 260 g/mol. The molecule has 1 unspecified atom stereocenters. The Kier molecular flexibility index (Phi) is 4.31. The van der Waals surface area contributed by atoms with Gasteiger partial charge in [0.05, 0.1) is 6.61 Å². The van der Waals surface area contributed by atoms with Crippen molar-refractivity contribution in [1.82, 2.24) is 0 Å². The maximum Gasteiger partial charge on any atom is 0.126 e. The van der Waals surface area contributed by atoms with E-state index in [2.05, 4.69) is 46.4 Å². The van der Waals surface area contributed by atoms with E-state index in [0.717, 1.165) is 12.4 Å². The van der Waals surface area contributed by atoms with E-state index in [-0.39, 0.29) is 0 Å². The lowest BCUT2D eigenvalue weighted by atomic mass is 9.91. The summed E-state index contributed by atoms with van der Waals surface area (Å²) in [4.78, 5) is 0. The number of hydrogen-bond acceptors (Lipinski definition) is 2. The van der Waals surface area contributed by atoms with Crippen molar-refractivity contribution in [1.29, 1.82) is 0 Å². The van der Waals surface area contributed by atoms with Gasteiger partial charge >= 0.3 is 0 Å². The molecule has 0 aromatic heterocycles. The standard InChI is InChI=1S/C17H24O2/c1-6-13-7-15(11(2)3)17(16(8-13)12(4)5)19-10-14-9-18-14/h6-8,11-12,14H,1,9-10H2,2-5H3. The van der Waals surface area contributed by atoms with Gasteiger partial charge in [0, 0.05) is 0 Å². The number of epoxide rings is 1. The Hall–Kier alpha value is -1.28. The third kappa shape index (κ3) is 3.38. The van der Waals surface area contributed by atoms with Gasteiger partial charge in [0.25, 0.3) is 0 Å². The largest absolute Gasteiger partial charge is 0.490 e. The number of benzene rings is 1. The SMILES string of the molecule is C=Cc1cc(C(C)C)c(OCC2CO2)c(C(C)C)c1. The fraction of sp³-hybridized carbons (Fsp3) is 0.529. The molecule has 104 valence electrons. The molecule has 0 saturated carbocycles. The van der Waals surface area contributed by atoms with Gasteiger partial charge in [0.1, 0.15) is 18.5 Å². The molecule has 0 aliphatic carbocycles. The summed E-state index contributed by atoms with van der Waals surface area (Å²) in [5.41, 5.74) is 3.70. The number of rotatable bonds is 6. The molecule has 19 heavy (non-hydrogen) atoms. The van der Waals surface area contributed by atoms with E-state index in [1.807, 2.05) is 6.08 Å². The minimum Gasteiger partial charge on any atom is -0.490 e. The lowest BCUT2D eigenvalue weighted by molar-refractivity contribution is 0.258. The number of hydrogen-bond donors (Lipinski definition) is 0. The minimum atomic E-state index is 0.291. The topological polar surface area (TPSA) is 21.8 Å². The summed E-state index contributed by atoms with van der Waals surface area (Å²) < 4.78 is 11.3. The molecular weight excluding hydrogens is 236 g/mol. The predicted octanol–water partition coefficient (Wildman–Crippen LogP) is 4.35. The molecule has 0 radical (unpaired) electrons. The second kappa shape index (κ2) is 5.79. The van der Waals surface area contributed by atoms with E-state index in [0.29, 0.717) is 24.5 Å². The zero-order valence-electron chi connectivity index (χ0n) is 12.4. The molecule has 1 atom stereocenters. The molecule has 0 N–H and O–H groups in total. The first kappa shape index (κ1) is 14.1. The van der Waals surface area contributed by atoms with Crippen LogP contribution < -0.4 is 4.74 Å². The molecule has 0 amide bonds. The average molecular weight is 260 g/mol. The van der Waals surface area contributed by atoms with Crippen LogP contribution in [-0.4, -0.2) is 19.3 Å². The van der Waals surface area contributed by atoms with Crippen molar-refractivity contribution in [2.24, 2.45) is 0 Å². The molecule has 1 aromatic rings. The molecular formula is C17H24O2. The first-order valence-electron chi connectivity index (χ1n) is 7.07. The van der Waals surface area contributed by atoms with E-state index in [1.165, 1.54) is 16.7 Å². The van der Waals surface area contributed by atoms with Crippen LogP contribution in [0.15, 0.2) is 18.7 Å². The molecule has 1 aromatic carbocycles. The van der Waals surface area contributed by atoms with Crippen LogP contribution in [0.4, 0.5) is 0 Å². The van der Waals surface area contributed by atoms with E-state index in [4.69, 9.17) is 9.47 Å². The average Bonchev–Trinajstić information content (AvgIpc) is 3.19. The fourth-order valence-electron chi connectivity index (χ4n) is 2.18. The second-order valence-electron chi connectivity index (χ2n) is 5.81. The summed E-state index contributed by atoms with van der Waals surface area (Å²) in [6.07, 6.45) is 2.20. The van der Waals surface area contributed by atoms with Gasteiger partial charge in [0.15, 0.2) is 0 Å². The highest BCUT2D eigenvalue weighted by Gasteiger charge is 2.25. The molecule has 1 saturated heterocycles. The van der Waals surface area contributed by atoms with Crippen LogP contribution in [0.25, 0.3) is 6.08 Å². The van der Waals surface area contributed by atoms with Crippen molar-refractivity contribution in [2.45, 2.75) is 45.6 Å². The first-order valence-corrected chi connectivity index (χ1v) is 7.07. The van der Waals surface area contributed by atoms with Gasteiger partial charge < -0.3 is 9.47 Å². The summed E-state index contributed by atoms with van der Waals surface area (Å²) in [6.45, 7) is 14.2. The van der Waals surface area contributed by atoms with E-state index < -0.39 is 0 Å². The van der Waals surface area contributed by atoms with Gasteiger partial charge in [-0.2, -0.15) is 0 Å². The molecule has 1 fully saturated rings. The fourth-order valence-corrected chi connectivity index (χ4v) is 2.18. The van der Waals surface area contributed by atoms with Crippen LogP contribution in [-0.2, 0) is 4.74 Å². The highest BCUT2D eigenvalue weighted by molar-refractivity contribution is 5.57. The van der Waals surface area contributed by atoms with Crippen molar-refractivity contribution < 1.29 is 9.47 Å². The Labute approximate surface area is 116 Å². The molecule has 2 rings (SSSR count). The Balaban J connectivity index is 2.40. The Morgan fingerprint density at radius 1 is 1.26 bits per heavy atom. The van der Waals surface area contributed by atoms with Gasteiger partial charge in [-0.05, 0) is 40.7 Å². The highest BCUT2D eigenvalue weighted by Crippen LogP contribution is 2.36. The summed E-state index contributed by atoms with van der Waals surface area (Å²) in [5.74, 6) is 1.92. The predicted molar refractivity (Wildman–Crippen MR) is 79.9 cm³/mol. The quantitative estimate of drug-likeness (QED) is 0.709. The molecule has 0 bridgehead atoms. The minimum absolute atomic E-state index is 0.291. The maximum atomic E-state index is 6.06. The van der Waals surface area contributed by atoms with Crippen LogP contribution in [0.2, 0.25) is 0 Å². The molecule has 0 spiro atoms. The third-order valence-corrected chi connectivity index (χ3v) is 3.46. The highest BCUT2D eigenvalue weighted by atomic mass is 16.6. The molecule has 1 aliphatic heterocycles. The second-order valence-corrected chi connectivity index (χ2v) is 5.81. The zero-order valence-corrected chi connectivity index (χ0v) is 12.4. The van der Waals surface area contributed by atoms with Crippen molar-refractivity contribution in [3.63, 3.8) is 0 Å². The smallest absolute Gasteiger partial charge is 0.126 e. The van der Waals surface area contributed by atoms with Crippen molar-refractivity contribution in [3.8, 4) is 5.75 Å². The molecule has 1 aliphatic rings. The van der Waals surface area contributed by atoms with Gasteiger partial charge in [-0.15, -0.1) is 0 Å². The van der Waals surface area contributed by atoms with E-state index >= 15 is 0 Å². The summed E-state index contributed by atoms with van der Waals surface area (Å²) in [5, 5.41) is 0. The van der Waals surface area contributed by atoms with Crippen LogP contribution in [0, 0.1) is 0 Å². The summed E-state index contributed by atoms with van der Waals surface area (Å²) in [7, 11) is 0. The van der Waals surface area contributed by atoms with Gasteiger partial charge in [0.2, 0.25) is 0 Å². The first-order chi connectivity index (χ1) is 9.02. The van der Waals surface area contributed by atoms with Gasteiger partial charge in [-0.25, -0.2) is 0 Å². The third-order valence-electron chi connectivity index (χ3n) is 3.46. The number of ether oxygens (including phenoxy) is 2. The zero-order chi connectivity index (χ0) is 14.0. The van der Waals surface area contributed by atoms with Gasteiger partial charge in [-0.3, -0.25) is 0 Å². The van der Waals surface area contributed by atoms with Crippen molar-refractivity contribution >= 4 is 6.08 Å². The summed E-state index contributed by atoms with van der Waals surface area (Å²) in [6, 6.07) is 4.37. The van der Waals surface area contributed by atoms with Gasteiger partial charge in [-0.1, -0.05) is 40.3 Å². The summed E-state index contributed by atoms with van der Waals surface area (Å²) >= 11 is 0. The molecule has 1 heterocycles. The van der Waals surface area contributed by atoms with E-state index in [9.17, 15) is 0 Å². The van der Waals surface area contributed by atoms with Crippen LogP contribution >= 0.6 is 0 Å². The normalized spacial score (nSPS) is 17.9. The Morgan fingerprint density at radius 3 is 2.16 bits per heavy atom. The molecule has 2 heteroatoms. The lowest BCUT2D eigenvalue weighted by Gasteiger charge is -2.21. The molecule has 2 nitrogen and oxygen atoms in total. The lowest BCUT2D eigenvalue weighted by Crippen LogP contribution is -2.10. The maximum absolute atomic E-state index is 6.06. The Morgan fingerprint density at radius 2 is 1.79 bits per heavy atom. The van der Waals surface area contributed by atoms with Crippen LogP contribution in [0.3, 0.4) is 0 Å². The van der Waals surface area contributed by atoms with Crippen LogP contribution in [0.1, 0.15) is 56.2 Å². The van der Waals surface area contributed by atoms with Crippen molar-refractivity contribution in [3.05, 3.63) is 35.4 Å². The van der Waals surface area contributed by atoms with E-state index in [1.54, 1.807) is 0 Å².